The second-order valence-corrected chi connectivity index (χ2v) is 8.15. The lowest BCUT2D eigenvalue weighted by Gasteiger charge is -2.14. The van der Waals surface area contributed by atoms with Crippen molar-refractivity contribution in [2.45, 2.75) is 18.7 Å². The van der Waals surface area contributed by atoms with E-state index in [1.54, 1.807) is 56.3 Å². The average molecular weight is 439 g/mol. The van der Waals surface area contributed by atoms with Gasteiger partial charge in [0.1, 0.15) is 5.69 Å². The molecule has 0 unspecified atom stereocenters. The SMILES string of the molecule is CCOC(=O)c1ccc(C(=O)Nc2ccccc2NS(=O)(=O)c2ccccc2)nc1C. The minimum absolute atomic E-state index is 0.0752. The van der Waals surface area contributed by atoms with Crippen molar-refractivity contribution in [1.29, 1.82) is 0 Å². The monoisotopic (exact) mass is 439 g/mol. The maximum Gasteiger partial charge on any atom is 0.339 e. The van der Waals surface area contributed by atoms with Gasteiger partial charge in [-0.25, -0.2) is 18.2 Å². The zero-order valence-electron chi connectivity index (χ0n) is 17.0. The Morgan fingerprint density at radius 2 is 1.58 bits per heavy atom. The van der Waals surface area contributed by atoms with Crippen LogP contribution in [0.3, 0.4) is 0 Å². The molecule has 0 aliphatic heterocycles. The maximum atomic E-state index is 12.7. The third kappa shape index (κ3) is 5.26. The number of carbonyl (C=O) groups excluding carboxylic acids is 2. The van der Waals surface area contributed by atoms with E-state index in [1.807, 2.05) is 0 Å². The van der Waals surface area contributed by atoms with E-state index in [0.29, 0.717) is 5.69 Å². The highest BCUT2D eigenvalue weighted by Crippen LogP contribution is 2.25. The highest BCUT2D eigenvalue weighted by molar-refractivity contribution is 7.92. The van der Waals surface area contributed by atoms with Gasteiger partial charge in [0, 0.05) is 0 Å². The maximum absolute atomic E-state index is 12.7. The summed E-state index contributed by atoms with van der Waals surface area (Å²) in [6, 6.07) is 17.2. The van der Waals surface area contributed by atoms with Gasteiger partial charge in [0.25, 0.3) is 15.9 Å². The number of anilines is 2. The van der Waals surface area contributed by atoms with Crippen LogP contribution in [-0.2, 0) is 14.8 Å². The summed E-state index contributed by atoms with van der Waals surface area (Å²) in [7, 11) is -3.83. The summed E-state index contributed by atoms with van der Waals surface area (Å²) in [5.41, 5.74) is 1.17. The molecule has 0 fully saturated rings. The number of benzene rings is 2. The molecule has 0 atom stereocenters. The Balaban J connectivity index is 1.82. The van der Waals surface area contributed by atoms with Crippen LogP contribution in [0, 0.1) is 6.92 Å². The Bertz CT molecular complexity index is 1210. The van der Waals surface area contributed by atoms with Crippen molar-refractivity contribution in [3.63, 3.8) is 0 Å². The number of nitrogens with zero attached hydrogens (tertiary/aromatic N) is 1. The number of nitrogens with one attached hydrogen (secondary N) is 2. The number of rotatable bonds is 7. The van der Waals surface area contributed by atoms with Crippen molar-refractivity contribution < 1.29 is 22.7 Å². The molecular weight excluding hydrogens is 418 g/mol. The first-order chi connectivity index (χ1) is 14.8. The first kappa shape index (κ1) is 22.0. The zero-order chi connectivity index (χ0) is 22.4. The molecule has 3 aromatic rings. The molecule has 0 saturated heterocycles. The molecule has 0 radical (unpaired) electrons. The number of hydrogen-bond acceptors (Lipinski definition) is 6. The van der Waals surface area contributed by atoms with Gasteiger partial charge in [0.05, 0.1) is 34.1 Å². The molecule has 3 rings (SSSR count). The van der Waals surface area contributed by atoms with Gasteiger partial charge >= 0.3 is 5.97 Å². The molecule has 1 amide bonds. The van der Waals surface area contributed by atoms with Crippen molar-refractivity contribution in [1.82, 2.24) is 4.98 Å². The summed E-state index contributed by atoms with van der Waals surface area (Å²) in [6.45, 7) is 3.53. The summed E-state index contributed by atoms with van der Waals surface area (Å²) >= 11 is 0. The van der Waals surface area contributed by atoms with Crippen LogP contribution in [0.15, 0.2) is 71.6 Å². The predicted octanol–water partition coefficient (Wildman–Crippen LogP) is 3.62. The lowest BCUT2D eigenvalue weighted by Crippen LogP contribution is -2.18. The van der Waals surface area contributed by atoms with E-state index in [-0.39, 0.29) is 34.1 Å². The van der Waals surface area contributed by atoms with Crippen LogP contribution >= 0.6 is 0 Å². The molecule has 0 aliphatic rings. The predicted molar refractivity (Wildman–Crippen MR) is 117 cm³/mol. The number of para-hydroxylation sites is 2. The van der Waals surface area contributed by atoms with Crippen molar-refractivity contribution in [3.8, 4) is 0 Å². The van der Waals surface area contributed by atoms with E-state index in [9.17, 15) is 18.0 Å². The summed E-state index contributed by atoms with van der Waals surface area (Å²) < 4.78 is 32.7. The number of amides is 1. The minimum Gasteiger partial charge on any atom is -0.462 e. The van der Waals surface area contributed by atoms with Crippen LogP contribution < -0.4 is 10.0 Å². The van der Waals surface area contributed by atoms with Gasteiger partial charge < -0.3 is 10.1 Å². The summed E-state index contributed by atoms with van der Waals surface area (Å²) in [5.74, 6) is -1.06. The van der Waals surface area contributed by atoms with Gasteiger partial charge in [0.15, 0.2) is 0 Å². The molecule has 0 aliphatic carbocycles. The Morgan fingerprint density at radius 1 is 0.935 bits per heavy atom. The molecule has 1 heterocycles. The van der Waals surface area contributed by atoms with Gasteiger partial charge in [-0.15, -0.1) is 0 Å². The second kappa shape index (κ2) is 9.40. The van der Waals surface area contributed by atoms with Crippen molar-refractivity contribution in [2.75, 3.05) is 16.6 Å². The first-order valence-corrected chi connectivity index (χ1v) is 10.9. The normalized spacial score (nSPS) is 10.9. The van der Waals surface area contributed by atoms with Gasteiger partial charge in [-0.3, -0.25) is 9.52 Å². The van der Waals surface area contributed by atoms with Gasteiger partial charge in [-0.05, 0) is 50.2 Å². The Morgan fingerprint density at radius 3 is 2.23 bits per heavy atom. The highest BCUT2D eigenvalue weighted by atomic mass is 32.2. The number of carbonyl (C=O) groups is 2. The van der Waals surface area contributed by atoms with E-state index in [2.05, 4.69) is 15.0 Å². The smallest absolute Gasteiger partial charge is 0.339 e. The quantitative estimate of drug-likeness (QED) is 0.544. The van der Waals surface area contributed by atoms with E-state index < -0.39 is 21.9 Å². The first-order valence-electron chi connectivity index (χ1n) is 9.45. The Labute approximate surface area is 180 Å². The van der Waals surface area contributed by atoms with E-state index in [1.165, 1.54) is 24.3 Å². The van der Waals surface area contributed by atoms with Gasteiger partial charge in [-0.1, -0.05) is 30.3 Å². The van der Waals surface area contributed by atoms with E-state index >= 15 is 0 Å². The largest absolute Gasteiger partial charge is 0.462 e. The minimum atomic E-state index is -3.83. The number of pyridine rings is 1. The van der Waals surface area contributed by atoms with Crippen LogP contribution in [0.5, 0.6) is 0 Å². The molecule has 2 N–H and O–H groups in total. The van der Waals surface area contributed by atoms with E-state index in [0.717, 1.165) is 0 Å². The molecule has 1 aromatic heterocycles. The Hall–Kier alpha value is -3.72. The molecule has 31 heavy (non-hydrogen) atoms. The number of aryl methyl sites for hydroxylation is 1. The van der Waals surface area contributed by atoms with Crippen LogP contribution in [0.25, 0.3) is 0 Å². The topological polar surface area (TPSA) is 114 Å². The fourth-order valence-corrected chi connectivity index (χ4v) is 3.88. The summed E-state index contributed by atoms with van der Waals surface area (Å²) in [5, 5.41) is 2.66. The van der Waals surface area contributed by atoms with Gasteiger partial charge in [0.2, 0.25) is 0 Å². The highest BCUT2D eigenvalue weighted by Gasteiger charge is 2.18. The van der Waals surface area contributed by atoms with Crippen LogP contribution in [0.2, 0.25) is 0 Å². The third-order valence-corrected chi connectivity index (χ3v) is 5.67. The molecule has 0 bridgehead atoms. The van der Waals surface area contributed by atoms with Crippen molar-refractivity contribution >= 4 is 33.3 Å². The third-order valence-electron chi connectivity index (χ3n) is 4.29. The molecule has 0 spiro atoms. The zero-order valence-corrected chi connectivity index (χ0v) is 17.8. The number of hydrogen-bond donors (Lipinski definition) is 2. The molecule has 2 aromatic carbocycles. The van der Waals surface area contributed by atoms with Crippen LogP contribution in [0.1, 0.15) is 33.5 Å². The average Bonchev–Trinajstić information content (AvgIpc) is 2.75. The molecule has 160 valence electrons. The fraction of sp³-hybridized carbons (Fsp3) is 0.136. The number of sulfonamides is 1. The number of ether oxygens (including phenoxy) is 1. The summed E-state index contributed by atoms with van der Waals surface area (Å²) in [6.07, 6.45) is 0. The number of aromatic nitrogens is 1. The molecule has 0 saturated carbocycles. The lowest BCUT2D eigenvalue weighted by atomic mass is 10.2. The van der Waals surface area contributed by atoms with Crippen molar-refractivity contribution in [3.05, 3.63) is 83.7 Å². The van der Waals surface area contributed by atoms with Crippen LogP contribution in [0.4, 0.5) is 11.4 Å². The fourth-order valence-electron chi connectivity index (χ4n) is 2.78. The second-order valence-electron chi connectivity index (χ2n) is 6.47. The van der Waals surface area contributed by atoms with Crippen LogP contribution in [-0.4, -0.2) is 31.9 Å². The van der Waals surface area contributed by atoms with Gasteiger partial charge in [-0.2, -0.15) is 0 Å². The summed E-state index contributed by atoms with van der Waals surface area (Å²) in [4.78, 5) is 28.9. The van der Waals surface area contributed by atoms with Crippen molar-refractivity contribution in [2.24, 2.45) is 0 Å². The lowest BCUT2D eigenvalue weighted by molar-refractivity contribution is 0.0524. The van der Waals surface area contributed by atoms with E-state index in [4.69, 9.17) is 4.74 Å². The molecule has 8 nitrogen and oxygen atoms in total. The molecular formula is C22H21N3O5S. The Kier molecular flexibility index (Phi) is 6.66. The number of esters is 1. The standard InChI is InChI=1S/C22H21N3O5S/c1-3-30-22(27)17-13-14-20(23-15(17)2)21(26)24-18-11-7-8-12-19(18)25-31(28,29)16-9-5-4-6-10-16/h4-14,25H,3H2,1-2H3,(H,24,26). The molecule has 9 heteroatoms.